The molecule has 0 saturated carbocycles. The molecular weight excluding hydrogens is 218 g/mol. The summed E-state index contributed by atoms with van der Waals surface area (Å²) in [5.74, 6) is -0.116. The number of rotatable bonds is 6. The molecule has 0 aromatic heterocycles. The number of carbonyl (C=O) groups is 1. The third-order valence-electron chi connectivity index (χ3n) is 2.63. The number of ether oxygens (including phenoxy) is 1. The molecule has 0 aliphatic carbocycles. The van der Waals surface area contributed by atoms with Gasteiger partial charge in [0, 0.05) is 20.2 Å². The molecule has 1 amide bonds. The molecule has 4 heteroatoms. The van der Waals surface area contributed by atoms with E-state index < -0.39 is 6.10 Å². The third-order valence-corrected chi connectivity index (χ3v) is 2.63. The van der Waals surface area contributed by atoms with Crippen molar-refractivity contribution in [1.29, 1.82) is 0 Å². The smallest absolute Gasteiger partial charge is 0.256 e. The Hall–Kier alpha value is -1.39. The van der Waals surface area contributed by atoms with E-state index in [1.165, 1.54) is 7.11 Å². The molecule has 94 valence electrons. The fraction of sp³-hybridized carbons (Fsp3) is 0.462. The van der Waals surface area contributed by atoms with Crippen molar-refractivity contribution in [2.45, 2.75) is 13.0 Å². The molecule has 0 aliphatic rings. The van der Waals surface area contributed by atoms with Gasteiger partial charge in [-0.25, -0.2) is 0 Å². The van der Waals surface area contributed by atoms with Gasteiger partial charge in [0.05, 0.1) is 6.61 Å². The summed E-state index contributed by atoms with van der Waals surface area (Å²) >= 11 is 0. The lowest BCUT2D eigenvalue weighted by molar-refractivity contribution is -0.142. The SMILES string of the molecule is CCN(CCO)C(=O)C(OC)c1ccccc1. The molecule has 1 atom stereocenters. The molecule has 0 radical (unpaired) electrons. The van der Waals surface area contributed by atoms with E-state index in [0.717, 1.165) is 5.56 Å². The number of methoxy groups -OCH3 is 1. The number of hydrogen-bond acceptors (Lipinski definition) is 3. The number of likely N-dealkylation sites (N-methyl/N-ethyl adjacent to an activating group) is 1. The molecule has 0 bridgehead atoms. The maximum absolute atomic E-state index is 12.2. The predicted octanol–water partition coefficient (Wildman–Crippen LogP) is 1.21. The molecule has 1 aromatic rings. The Balaban J connectivity index is 2.83. The Labute approximate surface area is 102 Å². The zero-order valence-corrected chi connectivity index (χ0v) is 10.3. The third kappa shape index (κ3) is 3.54. The van der Waals surface area contributed by atoms with E-state index >= 15 is 0 Å². The summed E-state index contributed by atoms with van der Waals surface area (Å²) in [6.45, 7) is 2.74. The van der Waals surface area contributed by atoms with Crippen molar-refractivity contribution in [3.8, 4) is 0 Å². The van der Waals surface area contributed by atoms with Crippen LogP contribution in [0.5, 0.6) is 0 Å². The lowest BCUT2D eigenvalue weighted by atomic mass is 10.1. The average molecular weight is 237 g/mol. The Morgan fingerprint density at radius 1 is 1.41 bits per heavy atom. The number of hydrogen-bond donors (Lipinski definition) is 1. The van der Waals surface area contributed by atoms with Crippen LogP contribution in [0, 0.1) is 0 Å². The van der Waals surface area contributed by atoms with Crippen molar-refractivity contribution in [1.82, 2.24) is 4.90 Å². The summed E-state index contributed by atoms with van der Waals surface area (Å²) in [4.78, 5) is 13.8. The first-order valence-electron chi connectivity index (χ1n) is 5.72. The van der Waals surface area contributed by atoms with Gasteiger partial charge in [-0.15, -0.1) is 0 Å². The second-order valence-electron chi connectivity index (χ2n) is 3.67. The Morgan fingerprint density at radius 3 is 2.53 bits per heavy atom. The van der Waals surface area contributed by atoms with Crippen LogP contribution in [0.25, 0.3) is 0 Å². The molecule has 17 heavy (non-hydrogen) atoms. The van der Waals surface area contributed by atoms with E-state index in [4.69, 9.17) is 9.84 Å². The number of carbonyl (C=O) groups excluding carboxylic acids is 1. The highest BCUT2D eigenvalue weighted by atomic mass is 16.5. The monoisotopic (exact) mass is 237 g/mol. The largest absolute Gasteiger partial charge is 0.395 e. The molecule has 1 N–H and O–H groups in total. The molecule has 0 spiro atoms. The number of aliphatic hydroxyl groups excluding tert-OH is 1. The highest BCUT2D eigenvalue weighted by Gasteiger charge is 2.24. The van der Waals surface area contributed by atoms with Gasteiger partial charge in [0.1, 0.15) is 0 Å². The van der Waals surface area contributed by atoms with Crippen molar-refractivity contribution in [2.24, 2.45) is 0 Å². The molecule has 0 saturated heterocycles. The minimum absolute atomic E-state index is 0.0369. The van der Waals surface area contributed by atoms with Gasteiger partial charge in [0.15, 0.2) is 6.10 Å². The Morgan fingerprint density at radius 2 is 2.06 bits per heavy atom. The number of amides is 1. The van der Waals surface area contributed by atoms with Gasteiger partial charge >= 0.3 is 0 Å². The summed E-state index contributed by atoms with van der Waals surface area (Å²) in [7, 11) is 1.52. The van der Waals surface area contributed by atoms with E-state index in [1.807, 2.05) is 37.3 Å². The van der Waals surface area contributed by atoms with E-state index in [0.29, 0.717) is 13.1 Å². The van der Waals surface area contributed by atoms with Crippen LogP contribution >= 0.6 is 0 Å². The zero-order valence-electron chi connectivity index (χ0n) is 10.3. The molecule has 4 nitrogen and oxygen atoms in total. The average Bonchev–Trinajstić information content (AvgIpc) is 2.38. The first kappa shape index (κ1) is 13.7. The van der Waals surface area contributed by atoms with Crippen LogP contribution in [-0.2, 0) is 9.53 Å². The van der Waals surface area contributed by atoms with E-state index in [-0.39, 0.29) is 12.5 Å². The van der Waals surface area contributed by atoms with Crippen molar-refractivity contribution in [3.63, 3.8) is 0 Å². The van der Waals surface area contributed by atoms with Crippen LogP contribution < -0.4 is 0 Å². The van der Waals surface area contributed by atoms with Crippen LogP contribution in [-0.4, -0.2) is 42.7 Å². The number of benzene rings is 1. The van der Waals surface area contributed by atoms with Gasteiger partial charge in [0.25, 0.3) is 5.91 Å². The fourth-order valence-corrected chi connectivity index (χ4v) is 1.72. The van der Waals surface area contributed by atoms with Crippen LogP contribution in [0.4, 0.5) is 0 Å². The summed E-state index contributed by atoms with van der Waals surface area (Å²) in [5.41, 5.74) is 0.830. The van der Waals surface area contributed by atoms with E-state index in [1.54, 1.807) is 4.90 Å². The van der Waals surface area contributed by atoms with E-state index in [2.05, 4.69) is 0 Å². The summed E-state index contributed by atoms with van der Waals surface area (Å²) in [6, 6.07) is 9.36. The first-order chi connectivity index (χ1) is 8.24. The molecule has 0 fully saturated rings. The predicted molar refractivity (Wildman–Crippen MR) is 65.5 cm³/mol. The summed E-state index contributed by atoms with van der Waals surface area (Å²) in [5, 5.41) is 8.91. The number of nitrogens with zero attached hydrogens (tertiary/aromatic N) is 1. The minimum Gasteiger partial charge on any atom is -0.395 e. The van der Waals surface area contributed by atoms with Crippen molar-refractivity contribution in [3.05, 3.63) is 35.9 Å². The van der Waals surface area contributed by atoms with Crippen LogP contribution in [0.1, 0.15) is 18.6 Å². The van der Waals surface area contributed by atoms with Crippen molar-refractivity contribution in [2.75, 3.05) is 26.8 Å². The lowest BCUT2D eigenvalue weighted by Crippen LogP contribution is -2.37. The maximum Gasteiger partial charge on any atom is 0.256 e. The Kier molecular flexibility index (Phi) is 5.66. The van der Waals surface area contributed by atoms with Gasteiger partial charge < -0.3 is 14.7 Å². The van der Waals surface area contributed by atoms with Gasteiger partial charge in [-0.05, 0) is 12.5 Å². The zero-order chi connectivity index (χ0) is 12.7. The number of aliphatic hydroxyl groups is 1. The van der Waals surface area contributed by atoms with Gasteiger partial charge in [0.2, 0.25) is 0 Å². The molecule has 1 aromatic carbocycles. The minimum atomic E-state index is -0.595. The summed E-state index contributed by atoms with van der Waals surface area (Å²) < 4.78 is 5.25. The molecular formula is C13H19NO3. The quantitative estimate of drug-likeness (QED) is 0.809. The van der Waals surface area contributed by atoms with Crippen molar-refractivity contribution >= 4 is 5.91 Å². The maximum atomic E-state index is 12.2. The normalized spacial score (nSPS) is 12.2. The Bertz CT molecular complexity index is 340. The van der Waals surface area contributed by atoms with E-state index in [9.17, 15) is 4.79 Å². The fourth-order valence-electron chi connectivity index (χ4n) is 1.72. The highest BCUT2D eigenvalue weighted by molar-refractivity contribution is 5.82. The summed E-state index contributed by atoms with van der Waals surface area (Å²) in [6.07, 6.45) is -0.595. The van der Waals surface area contributed by atoms with Gasteiger partial charge in [-0.3, -0.25) is 4.79 Å². The topological polar surface area (TPSA) is 49.8 Å². The van der Waals surface area contributed by atoms with Crippen LogP contribution in [0.15, 0.2) is 30.3 Å². The first-order valence-corrected chi connectivity index (χ1v) is 5.72. The van der Waals surface area contributed by atoms with Crippen LogP contribution in [0.3, 0.4) is 0 Å². The van der Waals surface area contributed by atoms with Gasteiger partial charge in [-0.2, -0.15) is 0 Å². The standard InChI is InChI=1S/C13H19NO3/c1-3-14(9-10-15)13(16)12(17-2)11-7-5-4-6-8-11/h4-8,12,15H,3,9-10H2,1-2H3. The molecule has 1 unspecified atom stereocenters. The van der Waals surface area contributed by atoms with Crippen molar-refractivity contribution < 1.29 is 14.6 Å². The van der Waals surface area contributed by atoms with Gasteiger partial charge in [-0.1, -0.05) is 30.3 Å². The molecule has 0 heterocycles. The molecule has 1 rings (SSSR count). The highest BCUT2D eigenvalue weighted by Crippen LogP contribution is 2.18. The second-order valence-corrected chi connectivity index (χ2v) is 3.67. The van der Waals surface area contributed by atoms with Crippen LogP contribution in [0.2, 0.25) is 0 Å². The lowest BCUT2D eigenvalue weighted by Gasteiger charge is -2.25. The second kappa shape index (κ2) is 7.04. The molecule has 0 aliphatic heterocycles.